The SMILES string of the molecule is O=C(CNc1ccccc1)N1CCc2ccc(F)cc21. The van der Waals surface area contributed by atoms with Gasteiger partial charge < -0.3 is 10.2 Å². The van der Waals surface area contributed by atoms with E-state index >= 15 is 0 Å². The minimum Gasteiger partial charge on any atom is -0.376 e. The largest absolute Gasteiger partial charge is 0.376 e. The van der Waals surface area contributed by atoms with E-state index in [4.69, 9.17) is 0 Å². The summed E-state index contributed by atoms with van der Waals surface area (Å²) < 4.78 is 13.3. The zero-order valence-electron chi connectivity index (χ0n) is 11.0. The maximum absolute atomic E-state index is 13.3. The predicted octanol–water partition coefficient (Wildman–Crippen LogP) is 2.83. The molecule has 1 aliphatic rings. The van der Waals surface area contributed by atoms with Gasteiger partial charge in [0.2, 0.25) is 5.91 Å². The maximum Gasteiger partial charge on any atom is 0.246 e. The van der Waals surface area contributed by atoms with Gasteiger partial charge in [-0.2, -0.15) is 0 Å². The van der Waals surface area contributed by atoms with E-state index in [-0.39, 0.29) is 18.3 Å². The molecule has 0 saturated carbocycles. The second kappa shape index (κ2) is 5.33. The Hall–Kier alpha value is -2.36. The first kappa shape index (κ1) is 12.7. The van der Waals surface area contributed by atoms with Gasteiger partial charge in [0.15, 0.2) is 0 Å². The number of hydrogen-bond donors (Lipinski definition) is 1. The Morgan fingerprint density at radius 1 is 1.20 bits per heavy atom. The van der Waals surface area contributed by atoms with Gasteiger partial charge in [-0.1, -0.05) is 24.3 Å². The molecule has 1 heterocycles. The van der Waals surface area contributed by atoms with E-state index in [0.29, 0.717) is 12.2 Å². The molecule has 2 aromatic rings. The van der Waals surface area contributed by atoms with Crippen molar-refractivity contribution in [1.29, 1.82) is 0 Å². The molecule has 0 radical (unpaired) electrons. The number of fused-ring (bicyclic) bond motifs is 1. The van der Waals surface area contributed by atoms with E-state index < -0.39 is 0 Å². The number of para-hydroxylation sites is 1. The normalized spacial score (nSPS) is 13.2. The molecule has 0 fully saturated rings. The number of nitrogens with zero attached hydrogens (tertiary/aromatic N) is 1. The fraction of sp³-hybridized carbons (Fsp3) is 0.188. The summed E-state index contributed by atoms with van der Waals surface area (Å²) in [6.45, 7) is 0.827. The number of carbonyl (C=O) groups is 1. The molecule has 1 aliphatic heterocycles. The summed E-state index contributed by atoms with van der Waals surface area (Å²) in [7, 11) is 0. The number of amides is 1. The van der Waals surface area contributed by atoms with Crippen LogP contribution in [0.3, 0.4) is 0 Å². The number of nitrogens with one attached hydrogen (secondary N) is 1. The van der Waals surface area contributed by atoms with Crippen LogP contribution in [-0.4, -0.2) is 19.0 Å². The van der Waals surface area contributed by atoms with E-state index in [1.165, 1.54) is 12.1 Å². The van der Waals surface area contributed by atoms with Crippen LogP contribution < -0.4 is 10.2 Å². The molecule has 0 atom stereocenters. The highest BCUT2D eigenvalue weighted by molar-refractivity contribution is 5.98. The van der Waals surface area contributed by atoms with E-state index in [1.807, 2.05) is 30.3 Å². The minimum atomic E-state index is -0.306. The van der Waals surface area contributed by atoms with Gasteiger partial charge >= 0.3 is 0 Å². The molecule has 1 amide bonds. The fourth-order valence-corrected chi connectivity index (χ4v) is 2.44. The summed E-state index contributed by atoms with van der Waals surface area (Å²) in [5.74, 6) is -0.349. The van der Waals surface area contributed by atoms with Crippen LogP contribution in [0.1, 0.15) is 5.56 Å². The second-order valence-electron chi connectivity index (χ2n) is 4.79. The van der Waals surface area contributed by atoms with E-state index in [2.05, 4.69) is 5.32 Å². The van der Waals surface area contributed by atoms with E-state index in [1.54, 1.807) is 11.0 Å². The summed E-state index contributed by atoms with van der Waals surface area (Å²) in [4.78, 5) is 13.9. The highest BCUT2D eigenvalue weighted by Crippen LogP contribution is 2.28. The Balaban J connectivity index is 1.69. The lowest BCUT2D eigenvalue weighted by molar-refractivity contribution is -0.116. The molecule has 1 N–H and O–H groups in total. The van der Waals surface area contributed by atoms with Crippen molar-refractivity contribution in [3.8, 4) is 0 Å². The molecule has 0 saturated heterocycles. The molecule has 0 bridgehead atoms. The van der Waals surface area contributed by atoms with Crippen molar-refractivity contribution >= 4 is 17.3 Å². The maximum atomic E-state index is 13.3. The molecular weight excluding hydrogens is 255 g/mol. The molecule has 2 aromatic carbocycles. The molecule has 0 unspecified atom stereocenters. The second-order valence-corrected chi connectivity index (χ2v) is 4.79. The Bertz CT molecular complexity index is 628. The van der Waals surface area contributed by atoms with Crippen molar-refractivity contribution in [3.63, 3.8) is 0 Å². The third-order valence-corrected chi connectivity index (χ3v) is 3.46. The van der Waals surface area contributed by atoms with Crippen LogP contribution in [0.4, 0.5) is 15.8 Å². The zero-order chi connectivity index (χ0) is 13.9. The lowest BCUT2D eigenvalue weighted by Crippen LogP contribution is -2.34. The van der Waals surface area contributed by atoms with Crippen LogP contribution in [-0.2, 0) is 11.2 Å². The number of hydrogen-bond acceptors (Lipinski definition) is 2. The summed E-state index contributed by atoms with van der Waals surface area (Å²) in [5.41, 5.74) is 2.63. The third kappa shape index (κ3) is 2.50. The van der Waals surface area contributed by atoms with Gasteiger partial charge in [0, 0.05) is 17.9 Å². The predicted molar refractivity (Wildman–Crippen MR) is 77.4 cm³/mol. The molecule has 102 valence electrons. The number of anilines is 2. The van der Waals surface area contributed by atoms with Crippen molar-refractivity contribution < 1.29 is 9.18 Å². The van der Waals surface area contributed by atoms with Crippen molar-refractivity contribution in [2.75, 3.05) is 23.3 Å². The zero-order valence-corrected chi connectivity index (χ0v) is 11.0. The summed E-state index contributed by atoms with van der Waals surface area (Å²) >= 11 is 0. The van der Waals surface area contributed by atoms with Crippen molar-refractivity contribution in [3.05, 3.63) is 59.9 Å². The van der Waals surface area contributed by atoms with Crippen LogP contribution in [0.2, 0.25) is 0 Å². The van der Waals surface area contributed by atoms with E-state index in [9.17, 15) is 9.18 Å². The van der Waals surface area contributed by atoms with Crippen molar-refractivity contribution in [2.24, 2.45) is 0 Å². The van der Waals surface area contributed by atoms with Crippen molar-refractivity contribution in [1.82, 2.24) is 0 Å². The Morgan fingerprint density at radius 2 is 2.00 bits per heavy atom. The average Bonchev–Trinajstić information content (AvgIpc) is 2.89. The standard InChI is InChI=1S/C16H15FN2O/c17-13-7-6-12-8-9-19(15(12)10-13)16(20)11-18-14-4-2-1-3-5-14/h1-7,10,18H,8-9,11H2. The van der Waals surface area contributed by atoms with Gasteiger partial charge in [-0.15, -0.1) is 0 Å². The van der Waals surface area contributed by atoms with Crippen LogP contribution >= 0.6 is 0 Å². The molecule has 20 heavy (non-hydrogen) atoms. The van der Waals surface area contributed by atoms with Gasteiger partial charge in [0.1, 0.15) is 5.82 Å². The van der Waals surface area contributed by atoms with Crippen LogP contribution in [0.5, 0.6) is 0 Å². The van der Waals surface area contributed by atoms with Gasteiger partial charge in [-0.25, -0.2) is 4.39 Å². The van der Waals surface area contributed by atoms with Crippen LogP contribution in [0.25, 0.3) is 0 Å². The molecule has 0 aromatic heterocycles. The number of carbonyl (C=O) groups excluding carboxylic acids is 1. The molecule has 4 heteroatoms. The smallest absolute Gasteiger partial charge is 0.246 e. The van der Waals surface area contributed by atoms with Gasteiger partial charge in [-0.05, 0) is 36.2 Å². The Kier molecular flexibility index (Phi) is 3.37. The summed E-state index contributed by atoms with van der Waals surface area (Å²) in [6.07, 6.45) is 0.784. The Morgan fingerprint density at radius 3 is 2.80 bits per heavy atom. The van der Waals surface area contributed by atoms with Gasteiger partial charge in [0.25, 0.3) is 0 Å². The molecule has 3 nitrogen and oxygen atoms in total. The molecule has 0 aliphatic carbocycles. The highest BCUT2D eigenvalue weighted by atomic mass is 19.1. The number of benzene rings is 2. The first-order valence-electron chi connectivity index (χ1n) is 6.62. The lowest BCUT2D eigenvalue weighted by Gasteiger charge is -2.18. The topological polar surface area (TPSA) is 32.3 Å². The highest BCUT2D eigenvalue weighted by Gasteiger charge is 2.24. The van der Waals surface area contributed by atoms with Gasteiger partial charge in [-0.3, -0.25) is 4.79 Å². The third-order valence-electron chi connectivity index (χ3n) is 3.46. The van der Waals surface area contributed by atoms with Gasteiger partial charge in [0.05, 0.1) is 6.54 Å². The molecule has 0 spiro atoms. The quantitative estimate of drug-likeness (QED) is 0.930. The lowest BCUT2D eigenvalue weighted by atomic mass is 10.2. The minimum absolute atomic E-state index is 0.0433. The summed E-state index contributed by atoms with van der Waals surface area (Å²) in [5, 5.41) is 3.08. The first-order valence-corrected chi connectivity index (χ1v) is 6.62. The van der Waals surface area contributed by atoms with Crippen LogP contribution in [0, 0.1) is 5.82 Å². The Labute approximate surface area is 117 Å². The fourth-order valence-electron chi connectivity index (χ4n) is 2.44. The van der Waals surface area contributed by atoms with Crippen LogP contribution in [0.15, 0.2) is 48.5 Å². The first-order chi connectivity index (χ1) is 9.74. The average molecular weight is 270 g/mol. The number of halogens is 1. The summed E-state index contributed by atoms with van der Waals surface area (Å²) in [6, 6.07) is 14.2. The van der Waals surface area contributed by atoms with Crippen molar-refractivity contribution in [2.45, 2.75) is 6.42 Å². The molecule has 3 rings (SSSR count). The monoisotopic (exact) mass is 270 g/mol. The van der Waals surface area contributed by atoms with E-state index in [0.717, 1.165) is 17.7 Å². The molecular formula is C16H15FN2O. The number of rotatable bonds is 3.